The monoisotopic (exact) mass is 613 g/mol. The predicted molar refractivity (Wildman–Crippen MR) is 203 cm³/mol. The van der Waals surface area contributed by atoms with E-state index in [2.05, 4.69) is 48.7 Å². The molecule has 0 saturated heterocycles. The van der Waals surface area contributed by atoms with E-state index in [1.54, 1.807) is 0 Å². The van der Waals surface area contributed by atoms with Gasteiger partial charge in [-0.05, 0) is 37.1 Å². The minimum absolute atomic E-state index is 1.10. The summed E-state index contributed by atoms with van der Waals surface area (Å²) in [5.74, 6) is 0. The second-order valence-corrected chi connectivity index (χ2v) is 14.0. The summed E-state index contributed by atoms with van der Waals surface area (Å²) in [6.07, 6.45) is 45.8. The van der Waals surface area contributed by atoms with Crippen molar-refractivity contribution in [2.75, 3.05) is 23.7 Å². The van der Waals surface area contributed by atoms with Gasteiger partial charge in [0.05, 0.1) is 0 Å². The fourth-order valence-corrected chi connectivity index (χ4v) is 6.52. The molecule has 0 spiro atoms. The van der Waals surface area contributed by atoms with Crippen molar-refractivity contribution in [2.24, 2.45) is 0 Å². The van der Waals surface area contributed by atoms with Gasteiger partial charge in [-0.1, -0.05) is 206 Å². The zero-order chi connectivity index (χ0) is 31.4. The van der Waals surface area contributed by atoms with Gasteiger partial charge >= 0.3 is 0 Å². The van der Waals surface area contributed by atoms with Gasteiger partial charge in [0.1, 0.15) is 0 Å². The molecule has 0 unspecified atom stereocenters. The number of hydrogen-bond acceptors (Lipinski definition) is 2. The molecule has 0 heterocycles. The van der Waals surface area contributed by atoms with E-state index in [1.165, 1.54) is 217 Å². The smallest absolute Gasteiger partial charge is 0.0341 e. The van der Waals surface area contributed by atoms with Gasteiger partial charge in [-0.25, -0.2) is 0 Å². The Morgan fingerprint density at radius 3 is 0.659 bits per heavy atom. The summed E-state index contributed by atoms with van der Waals surface area (Å²) in [7, 11) is 0. The number of hydrogen-bond donors (Lipinski definition) is 2. The fourth-order valence-electron chi connectivity index (χ4n) is 6.52. The van der Waals surface area contributed by atoms with Gasteiger partial charge in [0.15, 0.2) is 0 Å². The summed E-state index contributed by atoms with van der Waals surface area (Å²) in [6.45, 7) is 6.81. The lowest BCUT2D eigenvalue weighted by atomic mass is 10.0. The third kappa shape index (κ3) is 29.5. The molecular weight excluding hydrogens is 532 g/mol. The molecule has 1 rings (SSSR count). The van der Waals surface area contributed by atoms with E-state index < -0.39 is 0 Å². The normalized spacial score (nSPS) is 11.3. The van der Waals surface area contributed by atoms with Gasteiger partial charge in [0.2, 0.25) is 0 Å². The second-order valence-electron chi connectivity index (χ2n) is 14.0. The quantitative estimate of drug-likeness (QED) is 0.0737. The van der Waals surface area contributed by atoms with Gasteiger partial charge < -0.3 is 10.6 Å². The van der Waals surface area contributed by atoms with Gasteiger partial charge in [-0.3, -0.25) is 0 Å². The largest absolute Gasteiger partial charge is 0.385 e. The first-order chi connectivity index (χ1) is 21.9. The zero-order valence-corrected chi connectivity index (χ0v) is 30.4. The first kappa shape index (κ1) is 40.8. The number of rotatable bonds is 36. The molecule has 2 N–H and O–H groups in total. The van der Waals surface area contributed by atoms with Crippen molar-refractivity contribution in [3.05, 3.63) is 24.3 Å². The molecule has 0 radical (unpaired) electrons. The summed E-state index contributed by atoms with van der Waals surface area (Å²) >= 11 is 0. The van der Waals surface area contributed by atoms with E-state index >= 15 is 0 Å². The average Bonchev–Trinajstić information content (AvgIpc) is 3.04. The van der Waals surface area contributed by atoms with E-state index in [1.807, 2.05) is 0 Å². The predicted octanol–water partition coefficient (Wildman–Crippen LogP) is 15.0. The van der Waals surface area contributed by atoms with Gasteiger partial charge in [-0.2, -0.15) is 0 Å². The highest BCUT2D eigenvalue weighted by Crippen LogP contribution is 2.17. The van der Waals surface area contributed by atoms with Crippen molar-refractivity contribution in [2.45, 2.75) is 219 Å². The lowest BCUT2D eigenvalue weighted by Crippen LogP contribution is -2.03. The van der Waals surface area contributed by atoms with Crippen LogP contribution in [0, 0.1) is 0 Å². The van der Waals surface area contributed by atoms with Gasteiger partial charge in [0, 0.05) is 24.5 Å². The Morgan fingerprint density at radius 2 is 0.455 bits per heavy atom. The highest BCUT2D eigenvalue weighted by molar-refractivity contribution is 5.53. The van der Waals surface area contributed by atoms with Gasteiger partial charge in [0.25, 0.3) is 0 Å². The lowest BCUT2D eigenvalue weighted by Gasteiger charge is -2.09. The SMILES string of the molecule is CCCCCCCCCCCCCCCCCCNc1ccc(NCCCCCCCCCCCCCCCCCC)cc1. The van der Waals surface area contributed by atoms with Crippen LogP contribution in [0.5, 0.6) is 0 Å². The Hall–Kier alpha value is -1.18. The molecular formula is C42H80N2. The summed E-state index contributed by atoms with van der Waals surface area (Å²) in [4.78, 5) is 0. The van der Waals surface area contributed by atoms with Crippen molar-refractivity contribution in [3.63, 3.8) is 0 Å². The number of nitrogens with one attached hydrogen (secondary N) is 2. The van der Waals surface area contributed by atoms with Crippen LogP contribution < -0.4 is 10.6 Å². The lowest BCUT2D eigenvalue weighted by molar-refractivity contribution is 0.530. The molecule has 258 valence electrons. The maximum absolute atomic E-state index is 3.62. The molecule has 0 aliphatic rings. The standard InChI is InChI=1S/C42H80N2/c1-3-5-7-9-11-13-15-17-19-21-23-25-27-29-31-33-39-43-41-35-37-42(38-36-41)44-40-34-32-30-28-26-24-22-20-18-16-14-12-10-8-6-4-2/h35-38,43-44H,3-34,39-40H2,1-2H3. The highest BCUT2D eigenvalue weighted by atomic mass is 14.9. The molecule has 0 aromatic heterocycles. The van der Waals surface area contributed by atoms with E-state index in [4.69, 9.17) is 0 Å². The first-order valence-corrected chi connectivity index (χ1v) is 20.4. The molecule has 0 bridgehead atoms. The minimum Gasteiger partial charge on any atom is -0.385 e. The van der Waals surface area contributed by atoms with Crippen molar-refractivity contribution >= 4 is 11.4 Å². The molecule has 1 aromatic carbocycles. The molecule has 0 aliphatic heterocycles. The van der Waals surface area contributed by atoms with Crippen LogP contribution in [0.15, 0.2) is 24.3 Å². The summed E-state index contributed by atoms with van der Waals surface area (Å²) in [6, 6.07) is 8.95. The average molecular weight is 613 g/mol. The van der Waals surface area contributed by atoms with Crippen LogP contribution in [0.1, 0.15) is 219 Å². The number of benzene rings is 1. The first-order valence-electron chi connectivity index (χ1n) is 20.4. The molecule has 1 aromatic rings. The molecule has 44 heavy (non-hydrogen) atoms. The van der Waals surface area contributed by atoms with E-state index in [0.29, 0.717) is 0 Å². The summed E-state index contributed by atoms with van der Waals surface area (Å²) in [5, 5.41) is 7.24. The molecule has 0 amide bonds. The van der Waals surface area contributed by atoms with E-state index in [0.717, 1.165) is 13.1 Å². The molecule has 2 nitrogen and oxygen atoms in total. The Labute approximate surface area is 278 Å². The van der Waals surface area contributed by atoms with Crippen LogP contribution in [0.2, 0.25) is 0 Å². The van der Waals surface area contributed by atoms with E-state index in [9.17, 15) is 0 Å². The Kier molecular flexibility index (Phi) is 32.2. The van der Waals surface area contributed by atoms with Crippen molar-refractivity contribution in [1.29, 1.82) is 0 Å². The summed E-state index contributed by atoms with van der Waals surface area (Å²) < 4.78 is 0. The third-order valence-electron chi connectivity index (χ3n) is 9.60. The molecule has 0 atom stereocenters. The Morgan fingerprint density at radius 1 is 0.273 bits per heavy atom. The second kappa shape index (κ2) is 34.7. The zero-order valence-electron chi connectivity index (χ0n) is 30.4. The van der Waals surface area contributed by atoms with Crippen LogP contribution in [-0.4, -0.2) is 13.1 Å². The fraction of sp³-hybridized carbons (Fsp3) is 0.857. The Bertz CT molecular complexity index is 597. The number of anilines is 2. The van der Waals surface area contributed by atoms with Crippen LogP contribution in [0.25, 0.3) is 0 Å². The maximum Gasteiger partial charge on any atom is 0.0341 e. The maximum atomic E-state index is 3.62. The van der Waals surface area contributed by atoms with Crippen LogP contribution in [0.4, 0.5) is 11.4 Å². The third-order valence-corrected chi connectivity index (χ3v) is 9.60. The Balaban J connectivity index is 1.79. The van der Waals surface area contributed by atoms with E-state index in [-0.39, 0.29) is 0 Å². The molecule has 0 saturated carbocycles. The van der Waals surface area contributed by atoms with Crippen molar-refractivity contribution < 1.29 is 0 Å². The van der Waals surface area contributed by atoms with Crippen molar-refractivity contribution in [3.8, 4) is 0 Å². The topological polar surface area (TPSA) is 24.1 Å². The molecule has 0 fully saturated rings. The van der Waals surface area contributed by atoms with Crippen LogP contribution in [0.3, 0.4) is 0 Å². The molecule has 2 heteroatoms. The van der Waals surface area contributed by atoms with Gasteiger partial charge in [-0.15, -0.1) is 0 Å². The summed E-state index contributed by atoms with van der Waals surface area (Å²) in [5.41, 5.74) is 2.53. The minimum atomic E-state index is 1.10. The van der Waals surface area contributed by atoms with Crippen molar-refractivity contribution in [1.82, 2.24) is 0 Å². The van der Waals surface area contributed by atoms with Crippen LogP contribution in [-0.2, 0) is 0 Å². The number of unbranched alkanes of at least 4 members (excludes halogenated alkanes) is 30. The molecule has 0 aliphatic carbocycles. The van der Waals surface area contributed by atoms with Crippen LogP contribution >= 0.6 is 0 Å². The highest BCUT2D eigenvalue weighted by Gasteiger charge is 1.98.